The van der Waals surface area contributed by atoms with Crippen molar-refractivity contribution in [3.8, 4) is 17.1 Å². The molecule has 2 aromatic rings. The van der Waals surface area contributed by atoms with Gasteiger partial charge in [-0.25, -0.2) is 9.97 Å². The van der Waals surface area contributed by atoms with Gasteiger partial charge in [0.2, 0.25) is 0 Å². The number of ketones is 1. The normalized spacial score (nSPS) is 14.5. The predicted octanol–water partition coefficient (Wildman–Crippen LogP) is 3.71. The van der Waals surface area contributed by atoms with Crippen LogP contribution in [0.1, 0.15) is 35.3 Å². The lowest BCUT2D eigenvalue weighted by Gasteiger charge is -2.10. The molecule has 3 rings (SSSR count). The van der Waals surface area contributed by atoms with Crippen molar-refractivity contribution >= 4 is 17.4 Å². The van der Waals surface area contributed by atoms with E-state index in [1.54, 1.807) is 25.4 Å². The van der Waals surface area contributed by atoms with Crippen LogP contribution in [0.2, 0.25) is 5.02 Å². The van der Waals surface area contributed by atoms with Gasteiger partial charge in [0.15, 0.2) is 11.6 Å². The number of methoxy groups -OCH3 is 1. The molecule has 0 saturated carbocycles. The number of carbonyl (C=O) groups is 1. The van der Waals surface area contributed by atoms with E-state index in [0.29, 0.717) is 28.6 Å². The zero-order valence-electron chi connectivity index (χ0n) is 11.7. The smallest absolute Gasteiger partial charge is 0.166 e. The molecule has 1 aromatic heterocycles. The second-order valence-corrected chi connectivity index (χ2v) is 5.47. The van der Waals surface area contributed by atoms with Crippen LogP contribution in [0.25, 0.3) is 11.4 Å². The number of hydrogen-bond donors (Lipinski definition) is 0. The van der Waals surface area contributed by atoms with E-state index in [9.17, 15) is 4.79 Å². The maximum Gasteiger partial charge on any atom is 0.166 e. The highest BCUT2D eigenvalue weighted by Gasteiger charge is 2.19. The lowest BCUT2D eigenvalue weighted by Crippen LogP contribution is -2.05. The zero-order valence-corrected chi connectivity index (χ0v) is 12.5. The summed E-state index contributed by atoms with van der Waals surface area (Å²) < 4.78 is 5.34. The summed E-state index contributed by atoms with van der Waals surface area (Å²) in [5.41, 5.74) is 2.27. The lowest BCUT2D eigenvalue weighted by molar-refractivity contribution is 0.0981. The summed E-state index contributed by atoms with van der Waals surface area (Å²) in [6.07, 6.45) is 4.92. The second-order valence-electron chi connectivity index (χ2n) is 5.03. The Morgan fingerprint density at radius 2 is 2.00 bits per heavy atom. The van der Waals surface area contributed by atoms with Gasteiger partial charge >= 0.3 is 0 Å². The van der Waals surface area contributed by atoms with Crippen LogP contribution in [0.3, 0.4) is 0 Å². The Labute approximate surface area is 128 Å². The molecule has 21 heavy (non-hydrogen) atoms. The predicted molar refractivity (Wildman–Crippen MR) is 80.9 cm³/mol. The monoisotopic (exact) mass is 302 g/mol. The molecule has 0 amide bonds. The number of nitrogens with zero attached hydrogens (tertiary/aromatic N) is 2. The summed E-state index contributed by atoms with van der Waals surface area (Å²) in [6, 6.07) is 5.35. The molecule has 108 valence electrons. The van der Waals surface area contributed by atoms with E-state index in [-0.39, 0.29) is 5.78 Å². The number of ether oxygens (including phenoxy) is 1. The van der Waals surface area contributed by atoms with Gasteiger partial charge in [-0.3, -0.25) is 4.79 Å². The molecule has 1 aromatic carbocycles. The Morgan fingerprint density at radius 3 is 2.81 bits per heavy atom. The van der Waals surface area contributed by atoms with E-state index in [1.165, 1.54) is 0 Å². The highest BCUT2D eigenvalue weighted by molar-refractivity contribution is 6.30. The van der Waals surface area contributed by atoms with Gasteiger partial charge < -0.3 is 4.74 Å². The summed E-state index contributed by atoms with van der Waals surface area (Å²) in [5, 5.41) is 0.598. The maximum absolute atomic E-state index is 12.0. The van der Waals surface area contributed by atoms with E-state index in [1.807, 2.05) is 6.07 Å². The van der Waals surface area contributed by atoms with Crippen molar-refractivity contribution in [3.63, 3.8) is 0 Å². The quantitative estimate of drug-likeness (QED) is 0.793. The number of aryl methyl sites for hydroxylation is 1. The molecule has 0 bridgehead atoms. The number of benzene rings is 1. The summed E-state index contributed by atoms with van der Waals surface area (Å²) in [6.45, 7) is 0. The van der Waals surface area contributed by atoms with Crippen LogP contribution in [-0.2, 0) is 6.42 Å². The van der Waals surface area contributed by atoms with Gasteiger partial charge in [0.25, 0.3) is 0 Å². The van der Waals surface area contributed by atoms with E-state index in [4.69, 9.17) is 16.3 Å². The van der Waals surface area contributed by atoms with E-state index in [0.717, 1.165) is 30.5 Å². The number of Topliss-reactive ketones (excluding diaryl/α,β-unsaturated/α-hetero) is 1. The fourth-order valence-corrected chi connectivity index (χ4v) is 2.69. The fourth-order valence-electron chi connectivity index (χ4n) is 2.53. The Morgan fingerprint density at radius 1 is 1.19 bits per heavy atom. The molecular weight excluding hydrogens is 288 g/mol. The summed E-state index contributed by atoms with van der Waals surface area (Å²) in [5.74, 6) is 1.33. The summed E-state index contributed by atoms with van der Waals surface area (Å²) >= 11 is 5.97. The van der Waals surface area contributed by atoms with Gasteiger partial charge in [-0.05, 0) is 37.5 Å². The highest BCUT2D eigenvalue weighted by Crippen LogP contribution is 2.31. The van der Waals surface area contributed by atoms with Crippen LogP contribution in [0, 0.1) is 0 Å². The lowest BCUT2D eigenvalue weighted by atomic mass is 10.1. The number of aromatic nitrogens is 2. The van der Waals surface area contributed by atoms with Crippen molar-refractivity contribution in [2.24, 2.45) is 0 Å². The van der Waals surface area contributed by atoms with Crippen molar-refractivity contribution in [1.82, 2.24) is 9.97 Å². The first-order valence-corrected chi connectivity index (χ1v) is 7.30. The van der Waals surface area contributed by atoms with Crippen molar-refractivity contribution in [2.75, 3.05) is 7.11 Å². The second kappa shape index (κ2) is 5.82. The van der Waals surface area contributed by atoms with Crippen molar-refractivity contribution in [2.45, 2.75) is 25.7 Å². The number of hydrogen-bond acceptors (Lipinski definition) is 4. The minimum Gasteiger partial charge on any atom is -0.496 e. The first kappa shape index (κ1) is 14.0. The van der Waals surface area contributed by atoms with E-state index in [2.05, 4.69) is 9.97 Å². The van der Waals surface area contributed by atoms with Crippen LogP contribution >= 0.6 is 11.6 Å². The number of fused-ring (bicyclic) bond motifs is 1. The van der Waals surface area contributed by atoms with Gasteiger partial charge in [0.05, 0.1) is 23.9 Å². The summed E-state index contributed by atoms with van der Waals surface area (Å²) in [4.78, 5) is 20.9. The topological polar surface area (TPSA) is 52.1 Å². The first-order chi connectivity index (χ1) is 10.2. The molecule has 0 fully saturated rings. The average molecular weight is 303 g/mol. The molecule has 4 nitrogen and oxygen atoms in total. The van der Waals surface area contributed by atoms with Gasteiger partial charge in [0, 0.05) is 17.6 Å². The molecule has 0 N–H and O–H groups in total. The highest BCUT2D eigenvalue weighted by atomic mass is 35.5. The molecule has 0 spiro atoms. The number of halogens is 1. The van der Waals surface area contributed by atoms with Gasteiger partial charge in [0.1, 0.15) is 5.75 Å². The average Bonchev–Trinajstić information content (AvgIpc) is 2.68. The molecule has 0 radical (unpaired) electrons. The van der Waals surface area contributed by atoms with Crippen molar-refractivity contribution < 1.29 is 9.53 Å². The number of carbonyl (C=O) groups excluding carboxylic acids is 1. The van der Waals surface area contributed by atoms with Crippen LogP contribution in [0.15, 0.2) is 24.4 Å². The third-order valence-corrected chi connectivity index (χ3v) is 3.88. The molecular formula is C16H15ClN2O2. The van der Waals surface area contributed by atoms with Crippen LogP contribution in [-0.4, -0.2) is 22.9 Å². The fraction of sp³-hybridized carbons (Fsp3) is 0.312. The standard InChI is InChI=1S/C16H15ClN2O2/c1-21-15-8-10(17)6-7-11(15)16-18-9-12-13(19-16)4-2-3-5-14(12)20/h6-9H,2-5H2,1H3. The summed E-state index contributed by atoms with van der Waals surface area (Å²) in [7, 11) is 1.59. The third-order valence-electron chi connectivity index (χ3n) is 3.64. The van der Waals surface area contributed by atoms with Crippen LogP contribution in [0.4, 0.5) is 0 Å². The zero-order chi connectivity index (χ0) is 14.8. The third kappa shape index (κ3) is 2.76. The maximum atomic E-state index is 12.0. The molecule has 1 aliphatic carbocycles. The van der Waals surface area contributed by atoms with E-state index < -0.39 is 0 Å². The Hall–Kier alpha value is -1.94. The first-order valence-electron chi connectivity index (χ1n) is 6.92. The molecule has 0 atom stereocenters. The van der Waals surface area contributed by atoms with Crippen LogP contribution in [0.5, 0.6) is 5.75 Å². The largest absolute Gasteiger partial charge is 0.496 e. The van der Waals surface area contributed by atoms with E-state index >= 15 is 0 Å². The molecule has 5 heteroatoms. The molecule has 0 aliphatic heterocycles. The minimum atomic E-state index is 0.136. The number of rotatable bonds is 2. The molecule has 1 heterocycles. The SMILES string of the molecule is COc1cc(Cl)ccc1-c1ncc2c(n1)CCCCC2=O. The molecule has 1 aliphatic rings. The Kier molecular flexibility index (Phi) is 3.88. The molecule has 0 saturated heterocycles. The Bertz CT molecular complexity index is 701. The van der Waals surface area contributed by atoms with Gasteiger partial charge in [-0.1, -0.05) is 11.6 Å². The van der Waals surface area contributed by atoms with Crippen molar-refractivity contribution in [1.29, 1.82) is 0 Å². The van der Waals surface area contributed by atoms with Crippen molar-refractivity contribution in [3.05, 3.63) is 40.7 Å². The van der Waals surface area contributed by atoms with Gasteiger partial charge in [-0.15, -0.1) is 0 Å². The Balaban J connectivity index is 2.08. The van der Waals surface area contributed by atoms with Crippen LogP contribution < -0.4 is 4.74 Å². The minimum absolute atomic E-state index is 0.136. The van der Waals surface area contributed by atoms with Gasteiger partial charge in [-0.2, -0.15) is 0 Å². The molecule has 0 unspecified atom stereocenters.